The minimum absolute atomic E-state index is 0.191. The van der Waals surface area contributed by atoms with Crippen LogP contribution in [0.2, 0.25) is 0 Å². The highest BCUT2D eigenvalue weighted by atomic mass is 14.7. The Kier molecular flexibility index (Phi) is 5.60. The summed E-state index contributed by atoms with van der Waals surface area (Å²) in [5.74, 6) is 0.191. The predicted molar refractivity (Wildman–Crippen MR) is 161 cm³/mol. The molecule has 0 fully saturated rings. The van der Waals surface area contributed by atoms with E-state index in [1.54, 1.807) is 0 Å². The van der Waals surface area contributed by atoms with E-state index >= 15 is 0 Å². The van der Waals surface area contributed by atoms with E-state index in [1.807, 2.05) is 6.20 Å². The summed E-state index contributed by atoms with van der Waals surface area (Å²) in [6, 6.07) is 52.7. The summed E-state index contributed by atoms with van der Waals surface area (Å²) in [6.07, 6.45) is 2.03. The van der Waals surface area contributed by atoms with Gasteiger partial charge in [0.25, 0.3) is 0 Å². The third kappa shape index (κ3) is 3.90. The molecule has 0 aliphatic rings. The maximum atomic E-state index is 3.39. The molecule has 0 amide bonds. The molecule has 0 bridgehead atoms. The Morgan fingerprint density at radius 2 is 1.08 bits per heavy atom. The Bertz CT molecular complexity index is 1810. The number of hydrogen-bond donors (Lipinski definition) is 1. The second kappa shape index (κ2) is 9.53. The van der Waals surface area contributed by atoms with Gasteiger partial charge in [0, 0.05) is 23.0 Å². The molecule has 1 aromatic heterocycles. The molecular formula is C37H27N. The zero-order chi connectivity index (χ0) is 25.3. The quantitative estimate of drug-likeness (QED) is 0.234. The molecule has 6 aromatic carbocycles. The monoisotopic (exact) mass is 485 g/mol. The van der Waals surface area contributed by atoms with Crippen LogP contribution in [0, 0.1) is 0 Å². The van der Waals surface area contributed by atoms with Crippen molar-refractivity contribution in [2.24, 2.45) is 0 Å². The largest absolute Gasteiger partial charge is 0.361 e. The fraction of sp³-hybridized carbons (Fsp3) is 0.0270. The summed E-state index contributed by atoms with van der Waals surface area (Å²) >= 11 is 0. The highest BCUT2D eigenvalue weighted by Gasteiger charge is 2.18. The van der Waals surface area contributed by atoms with Crippen LogP contribution >= 0.6 is 0 Å². The molecule has 0 aliphatic carbocycles. The van der Waals surface area contributed by atoms with Gasteiger partial charge in [-0.15, -0.1) is 0 Å². The Morgan fingerprint density at radius 3 is 1.82 bits per heavy atom. The first-order valence-corrected chi connectivity index (χ1v) is 13.2. The Labute approximate surface area is 223 Å². The molecule has 0 saturated heterocycles. The lowest BCUT2D eigenvalue weighted by molar-refractivity contribution is 0.978. The molecule has 0 saturated carbocycles. The number of rotatable bonds is 5. The lowest BCUT2D eigenvalue weighted by Crippen LogP contribution is -2.03. The van der Waals surface area contributed by atoms with Gasteiger partial charge in [0.1, 0.15) is 0 Å². The molecule has 0 spiro atoms. The first kappa shape index (κ1) is 22.3. The highest BCUT2D eigenvalue weighted by molar-refractivity contribution is 6.10. The van der Waals surface area contributed by atoms with Gasteiger partial charge < -0.3 is 4.98 Å². The summed E-state index contributed by atoms with van der Waals surface area (Å²) in [5.41, 5.74) is 10.1. The molecular weight excluding hydrogens is 458 g/mol. The molecule has 180 valence electrons. The van der Waals surface area contributed by atoms with Crippen molar-refractivity contribution in [1.29, 1.82) is 0 Å². The van der Waals surface area contributed by atoms with E-state index in [2.05, 4.69) is 151 Å². The number of hydrogen-bond acceptors (Lipinski definition) is 0. The minimum Gasteiger partial charge on any atom is -0.361 e. The third-order valence-electron chi connectivity index (χ3n) is 7.61. The Morgan fingerprint density at radius 1 is 0.421 bits per heavy atom. The van der Waals surface area contributed by atoms with Crippen LogP contribution in [0.3, 0.4) is 0 Å². The highest BCUT2D eigenvalue weighted by Crippen LogP contribution is 2.42. The van der Waals surface area contributed by atoms with Crippen LogP contribution in [-0.2, 0) is 0 Å². The average molecular weight is 486 g/mol. The van der Waals surface area contributed by atoms with Gasteiger partial charge in [-0.2, -0.15) is 0 Å². The minimum atomic E-state index is 0.191. The third-order valence-corrected chi connectivity index (χ3v) is 7.61. The van der Waals surface area contributed by atoms with E-state index in [-0.39, 0.29) is 5.92 Å². The van der Waals surface area contributed by atoms with E-state index in [0.717, 1.165) is 5.52 Å². The number of fused-ring (bicyclic) bond motifs is 2. The van der Waals surface area contributed by atoms with Crippen molar-refractivity contribution >= 4 is 21.7 Å². The van der Waals surface area contributed by atoms with Crippen molar-refractivity contribution in [2.75, 3.05) is 0 Å². The van der Waals surface area contributed by atoms with Crippen LogP contribution in [0.15, 0.2) is 152 Å². The van der Waals surface area contributed by atoms with Crippen molar-refractivity contribution in [3.8, 4) is 22.3 Å². The lowest BCUT2D eigenvalue weighted by atomic mass is 9.83. The van der Waals surface area contributed by atoms with Gasteiger partial charge in [-0.1, -0.05) is 133 Å². The van der Waals surface area contributed by atoms with Crippen molar-refractivity contribution in [3.63, 3.8) is 0 Å². The smallest absolute Gasteiger partial charge is 0.0460 e. The summed E-state index contributed by atoms with van der Waals surface area (Å²) in [4.78, 5) is 3.39. The van der Waals surface area contributed by atoms with Crippen molar-refractivity contribution < 1.29 is 0 Å². The molecule has 1 heteroatoms. The summed E-state index contributed by atoms with van der Waals surface area (Å²) in [7, 11) is 0. The van der Waals surface area contributed by atoms with Gasteiger partial charge in [-0.25, -0.2) is 0 Å². The molecule has 7 rings (SSSR count). The Balaban J connectivity index is 1.40. The molecule has 7 aromatic rings. The predicted octanol–water partition coefficient (Wildman–Crippen LogP) is 9.84. The number of H-pyrrole nitrogens is 1. The molecule has 38 heavy (non-hydrogen) atoms. The second-order valence-corrected chi connectivity index (χ2v) is 9.83. The van der Waals surface area contributed by atoms with Gasteiger partial charge in [0.15, 0.2) is 0 Å². The Hall–Kier alpha value is -4.88. The normalized spacial score (nSPS) is 11.4. The summed E-state index contributed by atoms with van der Waals surface area (Å²) in [6.45, 7) is 0. The lowest BCUT2D eigenvalue weighted by Gasteiger charge is -2.20. The fourth-order valence-corrected chi connectivity index (χ4v) is 5.83. The van der Waals surface area contributed by atoms with E-state index in [1.165, 1.54) is 55.1 Å². The van der Waals surface area contributed by atoms with Gasteiger partial charge in [-0.3, -0.25) is 0 Å². The van der Waals surface area contributed by atoms with Crippen LogP contribution < -0.4 is 0 Å². The van der Waals surface area contributed by atoms with Crippen LogP contribution in [0.4, 0.5) is 0 Å². The zero-order valence-electron chi connectivity index (χ0n) is 21.0. The fourth-order valence-electron chi connectivity index (χ4n) is 5.83. The number of benzene rings is 6. The van der Waals surface area contributed by atoms with E-state index < -0.39 is 0 Å². The second-order valence-electron chi connectivity index (χ2n) is 9.83. The molecule has 0 unspecified atom stereocenters. The van der Waals surface area contributed by atoms with E-state index in [0.29, 0.717) is 0 Å². The average Bonchev–Trinajstić information content (AvgIpc) is 3.48. The van der Waals surface area contributed by atoms with Crippen molar-refractivity contribution in [2.45, 2.75) is 5.92 Å². The van der Waals surface area contributed by atoms with Crippen LogP contribution in [0.1, 0.15) is 22.6 Å². The van der Waals surface area contributed by atoms with E-state index in [4.69, 9.17) is 0 Å². The number of aromatic amines is 1. The topological polar surface area (TPSA) is 15.8 Å². The molecule has 1 heterocycles. The summed E-state index contributed by atoms with van der Waals surface area (Å²) in [5, 5.41) is 3.77. The maximum Gasteiger partial charge on any atom is 0.0460 e. The first-order chi connectivity index (χ1) is 18.9. The SMILES string of the molecule is c1ccc(C(c2ccccc2)c2ccc(-c3ccc4ccccc4c3-c3cccc4[nH]ccc34)cc2)cc1. The summed E-state index contributed by atoms with van der Waals surface area (Å²) < 4.78 is 0. The van der Waals surface area contributed by atoms with Gasteiger partial charge in [-0.05, 0) is 61.8 Å². The number of nitrogens with one attached hydrogen (secondary N) is 1. The van der Waals surface area contributed by atoms with E-state index in [9.17, 15) is 0 Å². The number of aromatic nitrogens is 1. The molecule has 1 N–H and O–H groups in total. The van der Waals surface area contributed by atoms with Crippen molar-refractivity contribution in [3.05, 3.63) is 168 Å². The van der Waals surface area contributed by atoms with Gasteiger partial charge >= 0.3 is 0 Å². The molecule has 1 nitrogen and oxygen atoms in total. The van der Waals surface area contributed by atoms with Crippen LogP contribution in [0.5, 0.6) is 0 Å². The van der Waals surface area contributed by atoms with Gasteiger partial charge in [0.05, 0.1) is 0 Å². The van der Waals surface area contributed by atoms with Crippen molar-refractivity contribution in [1.82, 2.24) is 4.98 Å². The molecule has 0 atom stereocenters. The molecule has 0 aliphatic heterocycles. The standard InChI is InChI=1S/C37H27N/c1-3-11-28(12-4-1)36(29-13-5-2-6-14-29)30-20-18-27(19-21-30)32-23-22-26-10-7-8-15-31(26)37(32)34-16-9-17-35-33(34)24-25-38-35/h1-25,36,38H. The maximum absolute atomic E-state index is 3.39. The first-order valence-electron chi connectivity index (χ1n) is 13.2. The van der Waals surface area contributed by atoms with Crippen LogP contribution in [0.25, 0.3) is 43.9 Å². The zero-order valence-corrected chi connectivity index (χ0v) is 21.0. The molecule has 0 radical (unpaired) electrons. The van der Waals surface area contributed by atoms with Gasteiger partial charge in [0.2, 0.25) is 0 Å². The van der Waals surface area contributed by atoms with Crippen LogP contribution in [-0.4, -0.2) is 4.98 Å².